The number of rotatable bonds is 2. The van der Waals surface area contributed by atoms with E-state index in [4.69, 9.17) is 5.73 Å². The molecule has 5 heteroatoms. The molecule has 0 saturated heterocycles. The van der Waals surface area contributed by atoms with Gasteiger partial charge >= 0.3 is 0 Å². The minimum atomic E-state index is -0.285. The molecule has 2 heterocycles. The third-order valence-corrected chi connectivity index (χ3v) is 4.18. The topological polar surface area (TPSA) is 64.7 Å². The van der Waals surface area contributed by atoms with Gasteiger partial charge in [0.1, 0.15) is 18.0 Å². The molecule has 0 aliphatic carbocycles. The second kappa shape index (κ2) is 5.94. The summed E-state index contributed by atoms with van der Waals surface area (Å²) in [5.41, 5.74) is 11.1. The summed E-state index contributed by atoms with van der Waals surface area (Å²) < 4.78 is 13.3. The van der Waals surface area contributed by atoms with Gasteiger partial charge in [0, 0.05) is 22.2 Å². The van der Waals surface area contributed by atoms with Crippen molar-refractivity contribution in [2.75, 3.05) is 5.73 Å². The summed E-state index contributed by atoms with van der Waals surface area (Å²) in [6.45, 7) is 1.95. The Bertz CT molecular complexity index is 1070. The van der Waals surface area contributed by atoms with E-state index in [1.165, 1.54) is 12.1 Å². The maximum atomic E-state index is 13.3. The first-order valence-corrected chi connectivity index (χ1v) is 7.86. The highest BCUT2D eigenvalue weighted by Crippen LogP contribution is 2.33. The Balaban J connectivity index is 1.94. The van der Waals surface area contributed by atoms with Crippen LogP contribution in [-0.2, 0) is 0 Å². The Morgan fingerprint density at radius 2 is 1.64 bits per heavy atom. The van der Waals surface area contributed by atoms with Gasteiger partial charge in [-0.15, -0.1) is 0 Å². The van der Waals surface area contributed by atoms with Gasteiger partial charge in [-0.2, -0.15) is 0 Å². The summed E-state index contributed by atoms with van der Waals surface area (Å²) in [4.78, 5) is 13.0. The lowest BCUT2D eigenvalue weighted by molar-refractivity contribution is 0.628. The van der Waals surface area contributed by atoms with Crippen LogP contribution in [-0.4, -0.2) is 15.0 Å². The molecule has 25 heavy (non-hydrogen) atoms. The van der Waals surface area contributed by atoms with E-state index in [-0.39, 0.29) is 5.82 Å². The molecule has 0 bridgehead atoms. The molecule has 0 aliphatic rings. The van der Waals surface area contributed by atoms with Crippen molar-refractivity contribution in [3.8, 4) is 22.4 Å². The molecule has 2 aromatic heterocycles. The molecular weight excluding hydrogens is 315 g/mol. The number of anilines is 1. The number of benzene rings is 2. The van der Waals surface area contributed by atoms with E-state index >= 15 is 0 Å². The molecule has 4 aromatic rings. The third-order valence-electron chi connectivity index (χ3n) is 4.18. The molecule has 4 nitrogen and oxygen atoms in total. The van der Waals surface area contributed by atoms with Crippen LogP contribution in [0.25, 0.3) is 33.3 Å². The highest BCUT2D eigenvalue weighted by Gasteiger charge is 2.11. The molecule has 0 amide bonds. The van der Waals surface area contributed by atoms with Crippen molar-refractivity contribution < 1.29 is 4.39 Å². The van der Waals surface area contributed by atoms with Gasteiger partial charge in [0.05, 0.1) is 11.2 Å². The van der Waals surface area contributed by atoms with Gasteiger partial charge in [0.2, 0.25) is 0 Å². The largest absolute Gasteiger partial charge is 0.384 e. The number of hydrogen-bond donors (Lipinski definition) is 1. The van der Waals surface area contributed by atoms with Gasteiger partial charge in [-0.05, 0) is 61.0 Å². The lowest BCUT2D eigenvalue weighted by atomic mass is 9.97. The fourth-order valence-corrected chi connectivity index (χ4v) is 2.89. The summed E-state index contributed by atoms with van der Waals surface area (Å²) in [6.07, 6.45) is 1.56. The number of aromatic nitrogens is 3. The average Bonchev–Trinajstić information content (AvgIpc) is 2.62. The molecule has 0 unspecified atom stereocenters. The van der Waals surface area contributed by atoms with Crippen LogP contribution in [0, 0.1) is 12.7 Å². The number of hydrogen-bond acceptors (Lipinski definition) is 4. The number of halogens is 1. The first kappa shape index (κ1) is 15.2. The molecule has 0 saturated carbocycles. The van der Waals surface area contributed by atoms with E-state index in [2.05, 4.69) is 15.0 Å². The molecule has 0 atom stereocenters. The summed E-state index contributed by atoms with van der Waals surface area (Å²) in [5, 5.41) is 0.988. The molecule has 0 aliphatic heterocycles. The molecule has 2 aromatic carbocycles. The summed E-state index contributed by atoms with van der Waals surface area (Å²) in [5.74, 6) is 0.135. The zero-order valence-electron chi connectivity index (χ0n) is 13.6. The smallest absolute Gasteiger partial charge is 0.124 e. The fraction of sp³-hybridized carbons (Fsp3) is 0.0500. The monoisotopic (exact) mass is 330 g/mol. The fourth-order valence-electron chi connectivity index (χ4n) is 2.89. The molecule has 4 rings (SSSR count). The summed E-state index contributed by atoms with van der Waals surface area (Å²) in [7, 11) is 0. The standard InChI is InChI=1S/C20H15FN4/c1-12-17-10-14(4-8-18(17)24-11-23-12)16-7-9-19(22)25-20(16)13-2-5-15(21)6-3-13/h2-11H,1H3,(H2,22,25). The molecular formula is C20H15FN4. The van der Waals surface area contributed by atoms with Crippen molar-refractivity contribution in [1.82, 2.24) is 15.0 Å². The summed E-state index contributed by atoms with van der Waals surface area (Å²) >= 11 is 0. The van der Waals surface area contributed by atoms with Crippen LogP contribution in [0.5, 0.6) is 0 Å². The van der Waals surface area contributed by atoms with Gasteiger partial charge in [0.25, 0.3) is 0 Å². The summed E-state index contributed by atoms with van der Waals surface area (Å²) in [6, 6.07) is 15.9. The normalized spacial score (nSPS) is 11.0. The van der Waals surface area contributed by atoms with Crippen LogP contribution in [0.2, 0.25) is 0 Å². The maximum Gasteiger partial charge on any atom is 0.124 e. The number of aryl methyl sites for hydroxylation is 1. The van der Waals surface area contributed by atoms with E-state index in [0.717, 1.165) is 33.3 Å². The number of nitrogens with zero attached hydrogens (tertiary/aromatic N) is 3. The van der Waals surface area contributed by atoms with Crippen molar-refractivity contribution in [2.45, 2.75) is 6.92 Å². The minimum Gasteiger partial charge on any atom is -0.384 e. The van der Waals surface area contributed by atoms with E-state index in [1.807, 2.05) is 31.2 Å². The van der Waals surface area contributed by atoms with Crippen molar-refractivity contribution in [3.63, 3.8) is 0 Å². The highest BCUT2D eigenvalue weighted by molar-refractivity contribution is 5.89. The van der Waals surface area contributed by atoms with E-state index in [0.29, 0.717) is 11.5 Å². The van der Waals surface area contributed by atoms with Gasteiger partial charge in [0.15, 0.2) is 0 Å². The van der Waals surface area contributed by atoms with Crippen LogP contribution >= 0.6 is 0 Å². The van der Waals surface area contributed by atoms with Crippen molar-refractivity contribution in [2.24, 2.45) is 0 Å². The van der Waals surface area contributed by atoms with E-state index < -0.39 is 0 Å². The molecule has 0 fully saturated rings. The Hall–Kier alpha value is -3.34. The van der Waals surface area contributed by atoms with Crippen LogP contribution in [0.15, 0.2) is 60.9 Å². The highest BCUT2D eigenvalue weighted by atomic mass is 19.1. The molecule has 0 radical (unpaired) electrons. The van der Waals surface area contributed by atoms with Crippen LogP contribution < -0.4 is 5.73 Å². The second-order valence-corrected chi connectivity index (χ2v) is 5.83. The number of nitrogens with two attached hydrogens (primary N) is 1. The number of fused-ring (bicyclic) bond motifs is 1. The van der Waals surface area contributed by atoms with Crippen LogP contribution in [0.3, 0.4) is 0 Å². The number of nitrogen functional groups attached to an aromatic ring is 1. The molecule has 0 spiro atoms. The first-order valence-electron chi connectivity index (χ1n) is 7.86. The van der Waals surface area contributed by atoms with Crippen molar-refractivity contribution in [3.05, 3.63) is 72.4 Å². The Kier molecular flexibility index (Phi) is 3.61. The quantitative estimate of drug-likeness (QED) is 0.592. The lowest BCUT2D eigenvalue weighted by Crippen LogP contribution is -1.96. The molecule has 2 N–H and O–H groups in total. The van der Waals surface area contributed by atoms with Gasteiger partial charge < -0.3 is 5.73 Å². The van der Waals surface area contributed by atoms with Gasteiger partial charge in [-0.3, -0.25) is 0 Å². The maximum absolute atomic E-state index is 13.3. The zero-order valence-corrected chi connectivity index (χ0v) is 13.6. The average molecular weight is 330 g/mol. The predicted octanol–water partition coefficient (Wildman–Crippen LogP) is 4.39. The Labute approximate surface area is 144 Å². The Morgan fingerprint density at radius 3 is 2.44 bits per heavy atom. The first-order chi connectivity index (χ1) is 12.1. The zero-order chi connectivity index (χ0) is 17.4. The van der Waals surface area contributed by atoms with Crippen LogP contribution in [0.4, 0.5) is 10.2 Å². The van der Waals surface area contributed by atoms with E-state index in [9.17, 15) is 4.39 Å². The predicted molar refractivity (Wildman–Crippen MR) is 97.3 cm³/mol. The lowest BCUT2D eigenvalue weighted by Gasteiger charge is -2.11. The molecule has 122 valence electrons. The van der Waals surface area contributed by atoms with Gasteiger partial charge in [-0.1, -0.05) is 6.07 Å². The van der Waals surface area contributed by atoms with Crippen LogP contribution in [0.1, 0.15) is 5.69 Å². The van der Waals surface area contributed by atoms with Crippen molar-refractivity contribution >= 4 is 16.7 Å². The van der Waals surface area contributed by atoms with Crippen molar-refractivity contribution in [1.29, 1.82) is 0 Å². The second-order valence-electron chi connectivity index (χ2n) is 5.83. The number of pyridine rings is 1. The SMILES string of the molecule is Cc1ncnc2ccc(-c3ccc(N)nc3-c3ccc(F)cc3)cc12. The van der Waals surface area contributed by atoms with E-state index in [1.54, 1.807) is 24.5 Å². The van der Waals surface area contributed by atoms with Gasteiger partial charge in [-0.25, -0.2) is 19.3 Å². The third kappa shape index (κ3) is 2.80. The Morgan fingerprint density at radius 1 is 0.880 bits per heavy atom. The minimum absolute atomic E-state index is 0.285.